The molecule has 1 amide bonds. The molecule has 4 rings (SSSR count). The zero-order valence-corrected chi connectivity index (χ0v) is 18.9. The number of nitrogens with zero attached hydrogens (tertiary/aromatic N) is 5. The van der Waals surface area contributed by atoms with Gasteiger partial charge in [-0.15, -0.1) is 10.2 Å². The minimum atomic E-state index is -0.220. The molecule has 32 heavy (non-hydrogen) atoms. The Hall–Kier alpha value is -3.12. The summed E-state index contributed by atoms with van der Waals surface area (Å²) in [5.74, 6) is -0.220. The summed E-state index contributed by atoms with van der Waals surface area (Å²) in [7, 11) is 0. The van der Waals surface area contributed by atoms with Crippen LogP contribution in [0.3, 0.4) is 0 Å². The number of carbonyl (C=O) groups excluding carboxylic acids is 1. The molecule has 0 spiro atoms. The lowest BCUT2D eigenvalue weighted by molar-refractivity contribution is 0.102. The Labute approximate surface area is 192 Å². The Morgan fingerprint density at radius 1 is 1.00 bits per heavy atom. The van der Waals surface area contributed by atoms with E-state index in [1.807, 2.05) is 55.5 Å². The predicted octanol–water partition coefficient (Wildman–Crippen LogP) is 3.68. The number of anilines is 1. The molecule has 0 atom stereocenters. The molecule has 1 saturated heterocycles. The molecule has 0 saturated carbocycles. The Kier molecular flexibility index (Phi) is 7.22. The zero-order valence-electron chi connectivity index (χ0n) is 18.1. The molecule has 2 heterocycles. The first-order valence-corrected chi connectivity index (χ1v) is 11.5. The number of amides is 1. The molecule has 3 aromatic rings. The van der Waals surface area contributed by atoms with Crippen LogP contribution in [0, 0.1) is 18.3 Å². The van der Waals surface area contributed by atoms with Crippen molar-refractivity contribution in [1.29, 1.82) is 5.26 Å². The third kappa shape index (κ3) is 5.98. The minimum absolute atomic E-state index is 0.220. The molecule has 1 N–H and O–H groups in total. The summed E-state index contributed by atoms with van der Waals surface area (Å²) < 4.78 is 0. The second-order valence-corrected chi connectivity index (χ2v) is 9.10. The third-order valence-corrected chi connectivity index (χ3v) is 6.41. The van der Waals surface area contributed by atoms with E-state index in [0.717, 1.165) is 55.4 Å². The molecule has 1 aromatic heterocycles. The van der Waals surface area contributed by atoms with Crippen molar-refractivity contribution in [1.82, 2.24) is 20.0 Å². The smallest absolute Gasteiger partial charge is 0.286 e. The molecular formula is C24H26N6OS. The summed E-state index contributed by atoms with van der Waals surface area (Å²) in [5, 5.41) is 21.4. The van der Waals surface area contributed by atoms with Gasteiger partial charge in [0, 0.05) is 25.3 Å². The van der Waals surface area contributed by atoms with E-state index in [4.69, 9.17) is 5.26 Å². The fraction of sp³-hybridized carbons (Fsp3) is 0.333. The highest BCUT2D eigenvalue weighted by molar-refractivity contribution is 7.13. The van der Waals surface area contributed by atoms with Crippen molar-refractivity contribution in [3.8, 4) is 6.07 Å². The summed E-state index contributed by atoms with van der Waals surface area (Å²) in [6.45, 7) is 7.56. The predicted molar refractivity (Wildman–Crippen MR) is 125 cm³/mol. The third-order valence-electron chi connectivity index (χ3n) is 5.50. The van der Waals surface area contributed by atoms with Gasteiger partial charge in [0.05, 0.1) is 18.2 Å². The molecule has 1 aliphatic heterocycles. The molecule has 8 heteroatoms. The van der Waals surface area contributed by atoms with E-state index >= 15 is 0 Å². The van der Waals surface area contributed by atoms with Gasteiger partial charge >= 0.3 is 0 Å². The van der Waals surface area contributed by atoms with Gasteiger partial charge in [-0.3, -0.25) is 14.6 Å². The standard InChI is InChI=1S/C24H26N6OS/c1-18-3-9-21(10-4-18)26-23(31)24-28-27-22(32-24)17-30-12-2-11-29(13-14-30)16-20-7-5-19(15-25)6-8-20/h3-10H,2,11-14,16-17H2,1H3,(H,26,31). The van der Waals surface area contributed by atoms with Gasteiger partial charge in [-0.25, -0.2) is 0 Å². The first-order valence-electron chi connectivity index (χ1n) is 10.7. The fourth-order valence-electron chi connectivity index (χ4n) is 3.71. The Morgan fingerprint density at radius 3 is 2.38 bits per heavy atom. The van der Waals surface area contributed by atoms with Gasteiger partial charge in [-0.1, -0.05) is 41.2 Å². The molecular weight excluding hydrogens is 420 g/mol. The largest absolute Gasteiger partial charge is 0.320 e. The zero-order chi connectivity index (χ0) is 22.3. The Balaban J connectivity index is 1.28. The van der Waals surface area contributed by atoms with Crippen molar-refractivity contribution < 1.29 is 4.79 Å². The number of nitrogens with one attached hydrogen (secondary N) is 1. The van der Waals surface area contributed by atoms with Crippen LogP contribution in [0.5, 0.6) is 0 Å². The molecule has 0 radical (unpaired) electrons. The molecule has 0 unspecified atom stereocenters. The lowest BCUT2D eigenvalue weighted by Crippen LogP contribution is -2.30. The fourth-order valence-corrected chi connectivity index (χ4v) is 4.48. The van der Waals surface area contributed by atoms with Crippen molar-refractivity contribution in [2.24, 2.45) is 0 Å². The summed E-state index contributed by atoms with van der Waals surface area (Å²) in [5.41, 5.74) is 3.83. The van der Waals surface area contributed by atoms with Gasteiger partial charge in [0.1, 0.15) is 5.01 Å². The van der Waals surface area contributed by atoms with Gasteiger partial charge in [0.2, 0.25) is 5.01 Å². The second kappa shape index (κ2) is 10.5. The van der Waals surface area contributed by atoms with E-state index in [1.54, 1.807) is 0 Å². The normalized spacial score (nSPS) is 15.1. The first kappa shape index (κ1) is 22.1. The summed E-state index contributed by atoms with van der Waals surface area (Å²) in [6.07, 6.45) is 1.08. The number of nitriles is 1. The molecule has 2 aromatic carbocycles. The molecule has 1 aliphatic rings. The van der Waals surface area contributed by atoms with Crippen molar-refractivity contribution in [2.75, 3.05) is 31.5 Å². The maximum absolute atomic E-state index is 12.5. The number of benzene rings is 2. The lowest BCUT2D eigenvalue weighted by Gasteiger charge is -2.21. The summed E-state index contributed by atoms with van der Waals surface area (Å²) in [6, 6.07) is 17.7. The van der Waals surface area contributed by atoms with Crippen LogP contribution in [0.2, 0.25) is 0 Å². The van der Waals surface area contributed by atoms with E-state index in [9.17, 15) is 4.79 Å². The number of aryl methyl sites for hydroxylation is 1. The molecule has 1 fully saturated rings. The average Bonchev–Trinajstić information content (AvgIpc) is 3.17. The van der Waals surface area contributed by atoms with Crippen molar-refractivity contribution >= 4 is 22.9 Å². The first-order chi connectivity index (χ1) is 15.6. The van der Waals surface area contributed by atoms with E-state index in [1.165, 1.54) is 16.9 Å². The van der Waals surface area contributed by atoms with Gasteiger partial charge in [-0.05, 0) is 56.3 Å². The summed E-state index contributed by atoms with van der Waals surface area (Å²) in [4.78, 5) is 17.3. The number of hydrogen-bond donors (Lipinski definition) is 1. The van der Waals surface area contributed by atoms with Gasteiger partial charge in [0.25, 0.3) is 5.91 Å². The maximum Gasteiger partial charge on any atom is 0.286 e. The lowest BCUT2D eigenvalue weighted by atomic mass is 10.1. The molecule has 164 valence electrons. The Morgan fingerprint density at radius 2 is 1.69 bits per heavy atom. The van der Waals surface area contributed by atoms with E-state index in [-0.39, 0.29) is 5.91 Å². The van der Waals surface area contributed by atoms with E-state index in [0.29, 0.717) is 17.1 Å². The second-order valence-electron chi connectivity index (χ2n) is 8.04. The highest BCUT2D eigenvalue weighted by Gasteiger charge is 2.18. The monoisotopic (exact) mass is 446 g/mol. The van der Waals surface area contributed by atoms with E-state index in [2.05, 4.69) is 31.4 Å². The van der Waals surface area contributed by atoms with Crippen LogP contribution < -0.4 is 5.32 Å². The van der Waals surface area contributed by atoms with Gasteiger partial charge in [-0.2, -0.15) is 5.26 Å². The van der Waals surface area contributed by atoms with Crippen LogP contribution >= 0.6 is 11.3 Å². The van der Waals surface area contributed by atoms with Gasteiger partial charge < -0.3 is 5.32 Å². The number of aromatic nitrogens is 2. The number of rotatable bonds is 6. The molecule has 0 bridgehead atoms. The van der Waals surface area contributed by atoms with Crippen molar-refractivity contribution in [2.45, 2.75) is 26.4 Å². The number of carbonyl (C=O) groups is 1. The molecule has 7 nitrogen and oxygen atoms in total. The SMILES string of the molecule is Cc1ccc(NC(=O)c2nnc(CN3CCCN(Cc4ccc(C#N)cc4)CC3)s2)cc1. The summed E-state index contributed by atoms with van der Waals surface area (Å²) >= 11 is 1.35. The van der Waals surface area contributed by atoms with Crippen LogP contribution in [0.4, 0.5) is 5.69 Å². The van der Waals surface area contributed by atoms with Crippen LogP contribution in [0.25, 0.3) is 0 Å². The highest BCUT2D eigenvalue weighted by atomic mass is 32.1. The quantitative estimate of drug-likeness (QED) is 0.622. The number of hydrogen-bond acceptors (Lipinski definition) is 7. The van der Waals surface area contributed by atoms with Crippen molar-refractivity contribution in [3.63, 3.8) is 0 Å². The van der Waals surface area contributed by atoms with Crippen LogP contribution in [-0.2, 0) is 13.1 Å². The topological polar surface area (TPSA) is 85.2 Å². The van der Waals surface area contributed by atoms with Crippen molar-refractivity contribution in [3.05, 3.63) is 75.2 Å². The van der Waals surface area contributed by atoms with E-state index < -0.39 is 0 Å². The van der Waals surface area contributed by atoms with Gasteiger partial charge in [0.15, 0.2) is 0 Å². The van der Waals surface area contributed by atoms with Crippen LogP contribution in [0.1, 0.15) is 37.9 Å². The average molecular weight is 447 g/mol. The maximum atomic E-state index is 12.5. The molecule has 0 aliphatic carbocycles. The van der Waals surface area contributed by atoms with Crippen LogP contribution in [-0.4, -0.2) is 52.1 Å². The minimum Gasteiger partial charge on any atom is -0.320 e. The van der Waals surface area contributed by atoms with Crippen LogP contribution in [0.15, 0.2) is 48.5 Å². The highest BCUT2D eigenvalue weighted by Crippen LogP contribution is 2.17. The Bertz CT molecular complexity index is 1090.